The molecule has 0 atom stereocenters. The number of halogens is 1. The largest absolute Gasteiger partial charge is 0.338 e. The average Bonchev–Trinajstić information content (AvgIpc) is 2.66. The van der Waals surface area contributed by atoms with Gasteiger partial charge in [-0.2, -0.15) is 0 Å². The fourth-order valence-corrected chi connectivity index (χ4v) is 3.37. The van der Waals surface area contributed by atoms with Gasteiger partial charge in [-0.3, -0.25) is 19.7 Å². The second-order valence-corrected chi connectivity index (χ2v) is 7.43. The molecule has 0 bridgehead atoms. The second-order valence-electron chi connectivity index (χ2n) is 7.03. The molecule has 8 heteroatoms. The normalized spacial score (nSPS) is 13.2. The summed E-state index contributed by atoms with van der Waals surface area (Å²) in [6.07, 6.45) is 0.769. The van der Waals surface area contributed by atoms with E-state index in [0.29, 0.717) is 18.8 Å². The number of nitrogens with zero attached hydrogens (tertiary/aromatic N) is 2. The molecule has 0 unspecified atom stereocenters. The molecule has 1 aliphatic heterocycles. The van der Waals surface area contributed by atoms with Crippen LogP contribution in [0.4, 0.5) is 11.4 Å². The monoisotopic (exact) mass is 401 g/mol. The van der Waals surface area contributed by atoms with Crippen LogP contribution < -0.4 is 5.32 Å². The Balaban J connectivity index is 1.78. The van der Waals surface area contributed by atoms with E-state index in [2.05, 4.69) is 5.32 Å². The highest BCUT2D eigenvalue weighted by atomic mass is 35.5. The minimum absolute atomic E-state index is 0.0229. The van der Waals surface area contributed by atoms with Gasteiger partial charge in [-0.25, -0.2) is 0 Å². The Morgan fingerprint density at radius 2 is 1.93 bits per heavy atom. The topological polar surface area (TPSA) is 92.6 Å². The molecular weight excluding hydrogens is 382 g/mol. The van der Waals surface area contributed by atoms with Crippen LogP contribution in [0.5, 0.6) is 0 Å². The summed E-state index contributed by atoms with van der Waals surface area (Å²) >= 11 is 5.79. The zero-order valence-corrected chi connectivity index (χ0v) is 16.3. The van der Waals surface area contributed by atoms with Crippen LogP contribution >= 0.6 is 11.6 Å². The number of fused-ring (bicyclic) bond motifs is 1. The number of carbonyl (C=O) groups is 2. The van der Waals surface area contributed by atoms with Crippen molar-refractivity contribution < 1.29 is 14.5 Å². The van der Waals surface area contributed by atoms with Crippen molar-refractivity contribution >= 4 is 34.8 Å². The number of rotatable bonds is 4. The van der Waals surface area contributed by atoms with Crippen molar-refractivity contribution in [1.29, 1.82) is 0 Å². The van der Waals surface area contributed by atoms with Gasteiger partial charge in [-0.1, -0.05) is 31.5 Å². The first-order valence-corrected chi connectivity index (χ1v) is 9.30. The van der Waals surface area contributed by atoms with E-state index in [1.54, 1.807) is 6.07 Å². The van der Waals surface area contributed by atoms with Crippen molar-refractivity contribution in [1.82, 2.24) is 4.90 Å². The van der Waals surface area contributed by atoms with Crippen molar-refractivity contribution in [3.8, 4) is 0 Å². The summed E-state index contributed by atoms with van der Waals surface area (Å²) in [7, 11) is 0. The van der Waals surface area contributed by atoms with Crippen molar-refractivity contribution in [2.24, 2.45) is 5.92 Å². The standard InChI is InChI=1S/C20H20ClN3O4/c1-12(2)20(26)23-8-7-13-3-5-16(9-15(13)11-23)22-19(25)14-4-6-17(21)18(10-14)24(27)28/h3-6,9-10,12H,7-8,11H2,1-2H3,(H,22,25). The maximum absolute atomic E-state index is 12.5. The molecule has 1 heterocycles. The Morgan fingerprint density at radius 3 is 2.61 bits per heavy atom. The molecule has 2 aromatic rings. The summed E-state index contributed by atoms with van der Waals surface area (Å²) in [5.41, 5.74) is 2.53. The van der Waals surface area contributed by atoms with E-state index in [1.807, 2.05) is 30.9 Å². The molecule has 0 aliphatic carbocycles. The highest BCUT2D eigenvalue weighted by molar-refractivity contribution is 6.32. The van der Waals surface area contributed by atoms with E-state index in [-0.39, 0.29) is 28.1 Å². The molecule has 0 fully saturated rings. The predicted molar refractivity (Wildman–Crippen MR) is 106 cm³/mol. The minimum atomic E-state index is -0.627. The summed E-state index contributed by atoms with van der Waals surface area (Å²) in [6.45, 7) is 4.94. The first-order chi connectivity index (χ1) is 13.3. The molecule has 2 amide bonds. The fraction of sp³-hybridized carbons (Fsp3) is 0.300. The maximum Gasteiger partial charge on any atom is 0.288 e. The minimum Gasteiger partial charge on any atom is -0.338 e. The molecule has 0 aromatic heterocycles. The van der Waals surface area contributed by atoms with E-state index >= 15 is 0 Å². The molecule has 1 aliphatic rings. The van der Waals surface area contributed by atoms with Gasteiger partial charge in [0, 0.05) is 36.3 Å². The van der Waals surface area contributed by atoms with Crippen molar-refractivity contribution in [2.45, 2.75) is 26.8 Å². The Kier molecular flexibility index (Phi) is 5.65. The quantitative estimate of drug-likeness (QED) is 0.618. The van der Waals surface area contributed by atoms with Gasteiger partial charge in [0.25, 0.3) is 11.6 Å². The molecule has 28 heavy (non-hydrogen) atoms. The van der Waals surface area contributed by atoms with Gasteiger partial charge >= 0.3 is 0 Å². The van der Waals surface area contributed by atoms with Crippen LogP contribution in [-0.4, -0.2) is 28.2 Å². The summed E-state index contributed by atoms with van der Waals surface area (Å²) in [5, 5.41) is 13.7. The molecule has 7 nitrogen and oxygen atoms in total. The Labute approximate surface area is 167 Å². The first-order valence-electron chi connectivity index (χ1n) is 8.92. The van der Waals surface area contributed by atoms with E-state index in [1.165, 1.54) is 12.1 Å². The number of hydrogen-bond acceptors (Lipinski definition) is 4. The fourth-order valence-electron chi connectivity index (χ4n) is 3.19. The zero-order chi connectivity index (χ0) is 20.4. The van der Waals surface area contributed by atoms with Crippen LogP contribution in [-0.2, 0) is 17.8 Å². The lowest BCUT2D eigenvalue weighted by Gasteiger charge is -2.30. The third kappa shape index (κ3) is 4.14. The van der Waals surface area contributed by atoms with Gasteiger partial charge in [0.2, 0.25) is 5.91 Å². The maximum atomic E-state index is 12.5. The lowest BCUT2D eigenvalue weighted by molar-refractivity contribution is -0.384. The van der Waals surface area contributed by atoms with Crippen LogP contribution in [0.2, 0.25) is 5.02 Å². The summed E-state index contributed by atoms with van der Waals surface area (Å²) in [4.78, 5) is 36.9. The van der Waals surface area contributed by atoms with Crippen molar-refractivity contribution in [3.63, 3.8) is 0 Å². The van der Waals surface area contributed by atoms with E-state index < -0.39 is 10.8 Å². The number of benzene rings is 2. The van der Waals surface area contributed by atoms with Gasteiger partial charge in [0.05, 0.1) is 4.92 Å². The van der Waals surface area contributed by atoms with Gasteiger partial charge in [0.1, 0.15) is 5.02 Å². The van der Waals surface area contributed by atoms with Gasteiger partial charge in [0.15, 0.2) is 0 Å². The van der Waals surface area contributed by atoms with Gasteiger partial charge < -0.3 is 10.2 Å². The number of hydrogen-bond donors (Lipinski definition) is 1. The molecule has 1 N–H and O–H groups in total. The molecule has 0 saturated heterocycles. The lowest BCUT2D eigenvalue weighted by atomic mass is 9.98. The molecule has 3 rings (SSSR count). The van der Waals surface area contributed by atoms with Gasteiger partial charge in [-0.15, -0.1) is 0 Å². The van der Waals surface area contributed by atoms with Crippen LogP contribution in [0.3, 0.4) is 0 Å². The summed E-state index contributed by atoms with van der Waals surface area (Å²) < 4.78 is 0. The van der Waals surface area contributed by atoms with Crippen molar-refractivity contribution in [2.75, 3.05) is 11.9 Å². The summed E-state index contributed by atoms with van der Waals surface area (Å²) in [5.74, 6) is -0.427. The lowest BCUT2D eigenvalue weighted by Crippen LogP contribution is -2.38. The van der Waals surface area contributed by atoms with Crippen LogP contribution in [0.1, 0.15) is 35.3 Å². The van der Waals surface area contributed by atoms with E-state index in [9.17, 15) is 19.7 Å². The Morgan fingerprint density at radius 1 is 1.18 bits per heavy atom. The van der Waals surface area contributed by atoms with Crippen molar-refractivity contribution in [3.05, 3.63) is 68.2 Å². The number of anilines is 1. The van der Waals surface area contributed by atoms with Crippen LogP contribution in [0.15, 0.2) is 36.4 Å². The smallest absolute Gasteiger partial charge is 0.288 e. The Bertz CT molecular complexity index is 958. The van der Waals surface area contributed by atoms with Crippen LogP contribution in [0.25, 0.3) is 0 Å². The third-order valence-corrected chi connectivity index (χ3v) is 5.01. The molecular formula is C20H20ClN3O4. The highest BCUT2D eigenvalue weighted by Gasteiger charge is 2.23. The van der Waals surface area contributed by atoms with Gasteiger partial charge in [-0.05, 0) is 41.8 Å². The molecule has 0 spiro atoms. The number of nitrogens with one attached hydrogen (secondary N) is 1. The number of amides is 2. The molecule has 0 radical (unpaired) electrons. The Hall–Kier alpha value is -2.93. The average molecular weight is 402 g/mol. The second kappa shape index (κ2) is 7.98. The SMILES string of the molecule is CC(C)C(=O)N1CCc2ccc(NC(=O)c3ccc(Cl)c([N+](=O)[O-])c3)cc2C1. The molecule has 146 valence electrons. The molecule has 2 aromatic carbocycles. The summed E-state index contributed by atoms with van der Waals surface area (Å²) in [6, 6.07) is 9.49. The highest BCUT2D eigenvalue weighted by Crippen LogP contribution is 2.27. The zero-order valence-electron chi connectivity index (χ0n) is 15.6. The predicted octanol–water partition coefficient (Wildman–Crippen LogP) is 4.04. The number of nitro benzene ring substituents is 1. The van der Waals surface area contributed by atoms with Crippen LogP contribution in [0, 0.1) is 16.0 Å². The third-order valence-electron chi connectivity index (χ3n) is 4.69. The van der Waals surface area contributed by atoms with E-state index in [0.717, 1.165) is 23.6 Å². The number of carbonyl (C=O) groups excluding carboxylic acids is 2. The first kappa shape index (κ1) is 19.8. The molecule has 0 saturated carbocycles. The number of nitro groups is 1. The van der Waals surface area contributed by atoms with E-state index in [4.69, 9.17) is 11.6 Å².